The second-order valence-corrected chi connectivity index (χ2v) is 7.52. The van der Waals surface area contributed by atoms with Gasteiger partial charge in [-0.3, -0.25) is 0 Å². The van der Waals surface area contributed by atoms with Crippen LogP contribution in [-0.2, 0) is 4.74 Å². The predicted octanol–water partition coefficient (Wildman–Crippen LogP) is 4.67. The number of fused-ring (bicyclic) bond motifs is 1. The molecule has 3 unspecified atom stereocenters. The van der Waals surface area contributed by atoms with Crippen LogP contribution in [0.4, 0.5) is 0 Å². The van der Waals surface area contributed by atoms with Gasteiger partial charge in [-0.05, 0) is 41.8 Å². The molecule has 0 saturated heterocycles. The first-order valence-corrected chi connectivity index (χ1v) is 8.36. The van der Waals surface area contributed by atoms with E-state index in [0.29, 0.717) is 17.4 Å². The lowest BCUT2D eigenvalue weighted by atomic mass is 9.79. The van der Waals surface area contributed by atoms with E-state index in [-0.39, 0.29) is 6.10 Å². The molecule has 1 aromatic carbocycles. The fourth-order valence-electron chi connectivity index (χ4n) is 3.20. The van der Waals surface area contributed by atoms with Gasteiger partial charge in [0, 0.05) is 6.61 Å². The van der Waals surface area contributed by atoms with Crippen molar-refractivity contribution in [2.45, 2.75) is 65.5 Å². The van der Waals surface area contributed by atoms with Crippen LogP contribution in [0.2, 0.25) is 0 Å². The zero-order valence-electron chi connectivity index (χ0n) is 14.3. The van der Waals surface area contributed by atoms with Gasteiger partial charge in [0.2, 0.25) is 0 Å². The van der Waals surface area contributed by atoms with Crippen LogP contribution in [0.25, 0.3) is 0 Å². The van der Waals surface area contributed by atoms with Crippen LogP contribution in [0, 0.1) is 5.41 Å². The SMILES string of the molecule is CCNC1c2ccccc2C(C)CC1OCCC(C)(C)C. The van der Waals surface area contributed by atoms with Gasteiger partial charge in [0.25, 0.3) is 0 Å². The van der Waals surface area contributed by atoms with E-state index in [1.54, 1.807) is 0 Å². The highest BCUT2D eigenvalue weighted by Gasteiger charge is 2.33. The highest BCUT2D eigenvalue weighted by atomic mass is 16.5. The Morgan fingerprint density at radius 3 is 2.48 bits per heavy atom. The molecule has 1 N–H and O–H groups in total. The highest BCUT2D eigenvalue weighted by Crippen LogP contribution is 2.39. The quantitative estimate of drug-likeness (QED) is 0.851. The summed E-state index contributed by atoms with van der Waals surface area (Å²) in [6.07, 6.45) is 2.51. The summed E-state index contributed by atoms with van der Waals surface area (Å²) >= 11 is 0. The van der Waals surface area contributed by atoms with E-state index in [2.05, 4.69) is 64.2 Å². The van der Waals surface area contributed by atoms with Crippen molar-refractivity contribution < 1.29 is 4.74 Å². The summed E-state index contributed by atoms with van der Waals surface area (Å²) in [5.41, 5.74) is 3.25. The number of benzene rings is 1. The first-order valence-electron chi connectivity index (χ1n) is 8.36. The summed E-state index contributed by atoms with van der Waals surface area (Å²) in [6.45, 7) is 13.1. The molecule has 118 valence electrons. The maximum absolute atomic E-state index is 6.29. The Labute approximate surface area is 130 Å². The predicted molar refractivity (Wildman–Crippen MR) is 89.7 cm³/mol. The van der Waals surface area contributed by atoms with Crippen molar-refractivity contribution in [1.82, 2.24) is 5.32 Å². The molecule has 0 fully saturated rings. The molecule has 1 aliphatic rings. The van der Waals surface area contributed by atoms with Crippen molar-refractivity contribution >= 4 is 0 Å². The van der Waals surface area contributed by atoms with E-state index >= 15 is 0 Å². The molecular formula is C19H31NO. The Morgan fingerprint density at radius 1 is 1.19 bits per heavy atom. The van der Waals surface area contributed by atoms with Crippen molar-refractivity contribution in [2.75, 3.05) is 13.2 Å². The fourth-order valence-corrected chi connectivity index (χ4v) is 3.20. The Kier molecular flexibility index (Phi) is 5.45. The van der Waals surface area contributed by atoms with Crippen LogP contribution >= 0.6 is 0 Å². The van der Waals surface area contributed by atoms with E-state index in [1.807, 2.05) is 0 Å². The molecule has 0 spiro atoms. The molecule has 3 atom stereocenters. The third-order valence-corrected chi connectivity index (χ3v) is 4.43. The van der Waals surface area contributed by atoms with Gasteiger partial charge >= 0.3 is 0 Å². The van der Waals surface area contributed by atoms with Crippen LogP contribution < -0.4 is 5.32 Å². The van der Waals surface area contributed by atoms with Crippen LogP contribution in [-0.4, -0.2) is 19.3 Å². The topological polar surface area (TPSA) is 21.3 Å². The second kappa shape index (κ2) is 6.93. The average Bonchev–Trinajstić information content (AvgIpc) is 2.42. The average molecular weight is 289 g/mol. The van der Waals surface area contributed by atoms with Crippen LogP contribution in [0.15, 0.2) is 24.3 Å². The summed E-state index contributed by atoms with van der Waals surface area (Å²) in [6, 6.07) is 9.17. The second-order valence-electron chi connectivity index (χ2n) is 7.52. The van der Waals surface area contributed by atoms with Gasteiger partial charge in [-0.15, -0.1) is 0 Å². The van der Waals surface area contributed by atoms with Gasteiger partial charge in [0.15, 0.2) is 0 Å². The molecule has 1 aromatic rings. The molecule has 0 heterocycles. The molecule has 2 rings (SSSR count). The third-order valence-electron chi connectivity index (χ3n) is 4.43. The molecule has 0 bridgehead atoms. The van der Waals surface area contributed by atoms with E-state index in [9.17, 15) is 0 Å². The Bertz CT molecular complexity index is 449. The Hall–Kier alpha value is -0.860. The lowest BCUT2D eigenvalue weighted by Crippen LogP contribution is -2.39. The number of hydrogen-bond donors (Lipinski definition) is 1. The summed E-state index contributed by atoms with van der Waals surface area (Å²) < 4.78 is 6.29. The summed E-state index contributed by atoms with van der Waals surface area (Å²) in [5.74, 6) is 0.579. The largest absolute Gasteiger partial charge is 0.376 e. The standard InChI is InChI=1S/C19H31NO/c1-6-20-18-16-10-8-7-9-15(16)14(2)13-17(18)21-12-11-19(3,4)5/h7-10,14,17-18,20H,6,11-13H2,1-5H3. The van der Waals surface area contributed by atoms with Gasteiger partial charge < -0.3 is 10.1 Å². The Morgan fingerprint density at radius 2 is 1.86 bits per heavy atom. The van der Waals surface area contributed by atoms with E-state index in [0.717, 1.165) is 26.0 Å². The minimum atomic E-state index is 0.289. The Balaban J connectivity index is 2.10. The van der Waals surface area contributed by atoms with Crippen LogP contribution in [0.3, 0.4) is 0 Å². The van der Waals surface area contributed by atoms with Gasteiger partial charge in [-0.25, -0.2) is 0 Å². The van der Waals surface area contributed by atoms with Crippen molar-refractivity contribution in [3.63, 3.8) is 0 Å². The number of ether oxygens (including phenoxy) is 1. The van der Waals surface area contributed by atoms with Crippen LogP contribution in [0.5, 0.6) is 0 Å². The highest BCUT2D eigenvalue weighted by molar-refractivity contribution is 5.36. The van der Waals surface area contributed by atoms with Gasteiger partial charge in [0.1, 0.15) is 0 Å². The fraction of sp³-hybridized carbons (Fsp3) is 0.684. The zero-order valence-corrected chi connectivity index (χ0v) is 14.3. The lowest BCUT2D eigenvalue weighted by molar-refractivity contribution is 0.000158. The number of hydrogen-bond acceptors (Lipinski definition) is 2. The van der Waals surface area contributed by atoms with Crippen LogP contribution in [0.1, 0.15) is 70.5 Å². The van der Waals surface area contributed by atoms with Gasteiger partial charge in [-0.2, -0.15) is 0 Å². The maximum Gasteiger partial charge on any atom is 0.0775 e. The molecular weight excluding hydrogens is 258 g/mol. The van der Waals surface area contributed by atoms with E-state index in [1.165, 1.54) is 11.1 Å². The summed E-state index contributed by atoms with van der Waals surface area (Å²) in [4.78, 5) is 0. The van der Waals surface area contributed by atoms with Gasteiger partial charge in [-0.1, -0.05) is 58.9 Å². The molecule has 0 saturated carbocycles. The monoisotopic (exact) mass is 289 g/mol. The molecule has 0 amide bonds. The summed E-state index contributed by atoms with van der Waals surface area (Å²) in [5, 5.41) is 3.63. The molecule has 0 aliphatic heterocycles. The molecule has 0 aromatic heterocycles. The van der Waals surface area contributed by atoms with Gasteiger partial charge in [0.05, 0.1) is 12.1 Å². The number of rotatable bonds is 5. The molecule has 2 nitrogen and oxygen atoms in total. The lowest BCUT2D eigenvalue weighted by Gasteiger charge is -2.37. The van der Waals surface area contributed by atoms with Crippen molar-refractivity contribution in [3.8, 4) is 0 Å². The maximum atomic E-state index is 6.29. The molecule has 21 heavy (non-hydrogen) atoms. The van der Waals surface area contributed by atoms with Crippen molar-refractivity contribution in [2.24, 2.45) is 5.41 Å². The zero-order chi connectivity index (χ0) is 15.5. The molecule has 0 radical (unpaired) electrons. The van der Waals surface area contributed by atoms with E-state index in [4.69, 9.17) is 4.74 Å². The smallest absolute Gasteiger partial charge is 0.0775 e. The number of likely N-dealkylation sites (N-methyl/N-ethyl adjacent to an activating group) is 1. The third kappa shape index (κ3) is 4.31. The summed E-state index contributed by atoms with van der Waals surface area (Å²) in [7, 11) is 0. The first kappa shape index (κ1) is 16.5. The minimum Gasteiger partial charge on any atom is -0.376 e. The normalized spacial score (nSPS) is 25.7. The number of nitrogens with one attached hydrogen (secondary N) is 1. The minimum absolute atomic E-state index is 0.289. The van der Waals surface area contributed by atoms with Crippen molar-refractivity contribution in [3.05, 3.63) is 35.4 Å². The molecule has 2 heteroatoms. The molecule has 1 aliphatic carbocycles. The van der Waals surface area contributed by atoms with Crippen molar-refractivity contribution in [1.29, 1.82) is 0 Å². The first-order chi connectivity index (χ1) is 9.92. The van der Waals surface area contributed by atoms with E-state index < -0.39 is 0 Å².